The van der Waals surface area contributed by atoms with Crippen LogP contribution in [-0.2, 0) is 4.79 Å². The van der Waals surface area contributed by atoms with Crippen molar-refractivity contribution in [3.63, 3.8) is 0 Å². The van der Waals surface area contributed by atoms with E-state index in [1.165, 1.54) is 6.07 Å². The van der Waals surface area contributed by atoms with Gasteiger partial charge in [-0.05, 0) is 60.3 Å². The average molecular weight is 345 g/mol. The summed E-state index contributed by atoms with van der Waals surface area (Å²) in [6.07, 6.45) is 1.83. The number of hydrogen-bond donors (Lipinski definition) is 2. The minimum absolute atomic E-state index is 0.0430. The molecule has 1 rings (SSSR count). The van der Waals surface area contributed by atoms with Gasteiger partial charge in [0.2, 0.25) is 5.91 Å². The van der Waals surface area contributed by atoms with Crippen molar-refractivity contribution in [1.82, 2.24) is 5.32 Å². The van der Waals surface area contributed by atoms with Crippen LogP contribution in [0.2, 0.25) is 0 Å². The maximum absolute atomic E-state index is 13.4. The summed E-state index contributed by atoms with van der Waals surface area (Å²) in [6.45, 7) is 7.71. The molecular weight excluding hydrogens is 323 g/mol. The fourth-order valence-electron chi connectivity index (χ4n) is 1.92. The maximum atomic E-state index is 13.4. The molecule has 0 saturated carbocycles. The molecule has 1 atom stereocenters. The third-order valence-electron chi connectivity index (χ3n) is 3.36. The number of anilines is 1. The average Bonchev–Trinajstić information content (AvgIpc) is 2.41. The van der Waals surface area contributed by atoms with Gasteiger partial charge in [-0.25, -0.2) is 4.39 Å². The van der Waals surface area contributed by atoms with Crippen LogP contribution < -0.4 is 10.6 Å². The molecule has 2 N–H and O–H groups in total. The van der Waals surface area contributed by atoms with Gasteiger partial charge in [-0.15, -0.1) is 0 Å². The largest absolute Gasteiger partial charge is 0.374 e. The van der Waals surface area contributed by atoms with E-state index >= 15 is 0 Å². The molecule has 20 heavy (non-hydrogen) atoms. The lowest BCUT2D eigenvalue weighted by Gasteiger charge is -2.21. The number of carbonyl (C=O) groups excluding carboxylic acids is 1. The van der Waals surface area contributed by atoms with E-state index in [9.17, 15) is 9.18 Å². The molecule has 0 bridgehead atoms. The topological polar surface area (TPSA) is 41.1 Å². The molecule has 0 radical (unpaired) electrons. The molecule has 0 aliphatic rings. The SMILES string of the molecule is CCC(CC)NC(=O)C(C)Nc1cc(Br)c(F)cc1C. The summed E-state index contributed by atoms with van der Waals surface area (Å²) in [6, 6.07) is 2.93. The summed E-state index contributed by atoms with van der Waals surface area (Å²) >= 11 is 3.15. The van der Waals surface area contributed by atoms with Crippen LogP contribution in [0.4, 0.5) is 10.1 Å². The first-order valence-electron chi connectivity index (χ1n) is 6.91. The second-order valence-corrected chi connectivity index (χ2v) is 5.82. The predicted octanol–water partition coefficient (Wildman–Crippen LogP) is 4.00. The Labute approximate surface area is 128 Å². The number of aryl methyl sites for hydroxylation is 1. The van der Waals surface area contributed by atoms with Crippen LogP contribution in [0.25, 0.3) is 0 Å². The van der Waals surface area contributed by atoms with Crippen molar-refractivity contribution in [2.45, 2.75) is 52.6 Å². The van der Waals surface area contributed by atoms with Crippen LogP contribution in [0, 0.1) is 12.7 Å². The highest BCUT2D eigenvalue weighted by Gasteiger charge is 2.17. The van der Waals surface area contributed by atoms with E-state index in [4.69, 9.17) is 0 Å². The van der Waals surface area contributed by atoms with Gasteiger partial charge in [-0.2, -0.15) is 0 Å². The lowest BCUT2D eigenvalue weighted by molar-refractivity contribution is -0.122. The van der Waals surface area contributed by atoms with Crippen molar-refractivity contribution in [2.24, 2.45) is 0 Å². The van der Waals surface area contributed by atoms with Gasteiger partial charge in [0.25, 0.3) is 0 Å². The molecule has 0 aromatic heterocycles. The fourth-order valence-corrected chi connectivity index (χ4v) is 2.26. The zero-order chi connectivity index (χ0) is 15.3. The number of hydrogen-bond acceptors (Lipinski definition) is 2. The second kappa shape index (κ2) is 7.62. The maximum Gasteiger partial charge on any atom is 0.242 e. The highest BCUT2D eigenvalue weighted by Crippen LogP contribution is 2.24. The van der Waals surface area contributed by atoms with Crippen LogP contribution in [0.5, 0.6) is 0 Å². The Balaban J connectivity index is 2.73. The molecule has 1 aromatic rings. The van der Waals surface area contributed by atoms with Crippen LogP contribution in [0.15, 0.2) is 16.6 Å². The van der Waals surface area contributed by atoms with E-state index in [1.807, 2.05) is 20.8 Å². The number of rotatable bonds is 6. The summed E-state index contributed by atoms with van der Waals surface area (Å²) in [5, 5.41) is 6.12. The number of nitrogens with one attached hydrogen (secondary N) is 2. The van der Waals surface area contributed by atoms with E-state index in [0.717, 1.165) is 24.1 Å². The van der Waals surface area contributed by atoms with E-state index in [1.54, 1.807) is 13.0 Å². The Bertz CT molecular complexity index is 475. The first-order valence-corrected chi connectivity index (χ1v) is 7.70. The molecule has 0 saturated heterocycles. The summed E-state index contributed by atoms with van der Waals surface area (Å²) in [5.41, 5.74) is 1.53. The summed E-state index contributed by atoms with van der Waals surface area (Å²) in [7, 11) is 0. The van der Waals surface area contributed by atoms with Crippen LogP contribution in [0.3, 0.4) is 0 Å². The number of carbonyl (C=O) groups is 1. The van der Waals surface area contributed by atoms with Crippen molar-refractivity contribution in [2.75, 3.05) is 5.32 Å². The quantitative estimate of drug-likeness (QED) is 0.818. The standard InChI is InChI=1S/C15H22BrFN2O/c1-5-11(6-2)19-15(20)10(4)18-14-8-12(16)13(17)7-9(14)3/h7-8,10-11,18H,5-6H2,1-4H3,(H,19,20). The zero-order valence-corrected chi connectivity index (χ0v) is 14.0. The van der Waals surface area contributed by atoms with Crippen LogP contribution in [0.1, 0.15) is 39.2 Å². The number of halogens is 2. The Hall–Kier alpha value is -1.10. The van der Waals surface area contributed by atoms with Crippen molar-refractivity contribution < 1.29 is 9.18 Å². The number of amides is 1. The molecule has 3 nitrogen and oxygen atoms in total. The molecule has 1 unspecified atom stereocenters. The van der Waals surface area contributed by atoms with Gasteiger partial charge in [0.15, 0.2) is 0 Å². The minimum atomic E-state index is -0.369. The summed E-state index contributed by atoms with van der Waals surface area (Å²) in [5.74, 6) is -0.347. The van der Waals surface area contributed by atoms with E-state index in [2.05, 4.69) is 26.6 Å². The van der Waals surface area contributed by atoms with Gasteiger partial charge in [0.05, 0.1) is 4.47 Å². The third kappa shape index (κ3) is 4.47. The molecule has 5 heteroatoms. The first kappa shape index (κ1) is 17.0. The van der Waals surface area contributed by atoms with E-state index in [-0.39, 0.29) is 23.8 Å². The molecule has 112 valence electrons. The van der Waals surface area contributed by atoms with Crippen molar-refractivity contribution >= 4 is 27.5 Å². The molecule has 0 spiro atoms. The molecule has 1 amide bonds. The zero-order valence-electron chi connectivity index (χ0n) is 12.4. The molecule has 1 aromatic carbocycles. The highest BCUT2D eigenvalue weighted by molar-refractivity contribution is 9.10. The van der Waals surface area contributed by atoms with Gasteiger partial charge in [-0.3, -0.25) is 4.79 Å². The van der Waals surface area contributed by atoms with Gasteiger partial charge < -0.3 is 10.6 Å². The Morgan fingerprint density at radius 3 is 2.50 bits per heavy atom. The van der Waals surface area contributed by atoms with Crippen molar-refractivity contribution in [3.8, 4) is 0 Å². The fraction of sp³-hybridized carbons (Fsp3) is 0.533. The van der Waals surface area contributed by atoms with Gasteiger partial charge >= 0.3 is 0 Å². The monoisotopic (exact) mass is 344 g/mol. The Kier molecular flexibility index (Phi) is 6.46. The Morgan fingerprint density at radius 1 is 1.35 bits per heavy atom. The second-order valence-electron chi connectivity index (χ2n) is 4.97. The predicted molar refractivity (Wildman–Crippen MR) is 84.4 cm³/mol. The van der Waals surface area contributed by atoms with Gasteiger partial charge in [0, 0.05) is 11.7 Å². The Morgan fingerprint density at radius 2 is 1.95 bits per heavy atom. The van der Waals surface area contributed by atoms with Gasteiger partial charge in [-0.1, -0.05) is 13.8 Å². The molecule has 0 fully saturated rings. The van der Waals surface area contributed by atoms with E-state index < -0.39 is 0 Å². The smallest absolute Gasteiger partial charge is 0.242 e. The molecule has 0 heterocycles. The third-order valence-corrected chi connectivity index (χ3v) is 3.97. The van der Waals surface area contributed by atoms with Crippen LogP contribution >= 0.6 is 15.9 Å². The van der Waals surface area contributed by atoms with Gasteiger partial charge in [0.1, 0.15) is 11.9 Å². The van der Waals surface area contributed by atoms with Crippen molar-refractivity contribution in [3.05, 3.63) is 28.0 Å². The van der Waals surface area contributed by atoms with Crippen molar-refractivity contribution in [1.29, 1.82) is 0 Å². The van der Waals surface area contributed by atoms with Crippen LogP contribution in [-0.4, -0.2) is 18.0 Å². The first-order chi connectivity index (χ1) is 9.38. The number of benzene rings is 1. The lowest BCUT2D eigenvalue weighted by atomic mass is 10.1. The lowest BCUT2D eigenvalue weighted by Crippen LogP contribution is -2.42. The summed E-state index contributed by atoms with van der Waals surface area (Å²) in [4.78, 5) is 12.1. The normalized spacial score (nSPS) is 12.3. The molecule has 0 aliphatic heterocycles. The highest BCUT2D eigenvalue weighted by atomic mass is 79.9. The van der Waals surface area contributed by atoms with E-state index in [0.29, 0.717) is 4.47 Å². The molecule has 0 aliphatic carbocycles. The molecular formula is C15H22BrFN2O. The minimum Gasteiger partial charge on any atom is -0.374 e. The summed E-state index contributed by atoms with van der Waals surface area (Å²) < 4.78 is 13.8.